The number of halogens is 2. The third-order valence-electron chi connectivity index (χ3n) is 3.23. The van der Waals surface area contributed by atoms with Crippen LogP contribution >= 0.6 is 15.9 Å². The van der Waals surface area contributed by atoms with E-state index in [0.29, 0.717) is 22.8 Å². The summed E-state index contributed by atoms with van der Waals surface area (Å²) in [5.41, 5.74) is 0.916. The molecule has 0 aliphatic heterocycles. The molecule has 3 rings (SSSR count). The van der Waals surface area contributed by atoms with Crippen LogP contribution in [0.4, 0.5) is 4.39 Å². The number of aromatic nitrogens is 3. The second-order valence-electron chi connectivity index (χ2n) is 4.82. The molecule has 100 valence electrons. The van der Waals surface area contributed by atoms with Gasteiger partial charge in [0.2, 0.25) is 0 Å². The Labute approximate surface area is 118 Å². The molecular weight excluding hydrogens is 313 g/mol. The Morgan fingerprint density at radius 1 is 1.47 bits per heavy atom. The van der Waals surface area contributed by atoms with E-state index in [-0.39, 0.29) is 5.82 Å². The van der Waals surface area contributed by atoms with Crippen molar-refractivity contribution in [3.8, 4) is 0 Å². The zero-order valence-electron chi connectivity index (χ0n) is 10.1. The number of aliphatic hydroxyl groups is 1. The maximum atomic E-state index is 13.0. The van der Waals surface area contributed by atoms with Crippen LogP contribution in [-0.2, 0) is 6.54 Å². The van der Waals surface area contributed by atoms with Crippen LogP contribution in [0.25, 0.3) is 0 Å². The number of benzene rings is 1. The smallest absolute Gasteiger partial charge is 0.179 e. The average molecular weight is 326 g/mol. The molecule has 1 heterocycles. The molecule has 0 bridgehead atoms. The molecule has 0 saturated heterocycles. The van der Waals surface area contributed by atoms with Gasteiger partial charge in [0, 0.05) is 4.47 Å². The lowest BCUT2D eigenvalue weighted by molar-refractivity contribution is 0.144. The summed E-state index contributed by atoms with van der Waals surface area (Å²) in [7, 11) is 0. The quantitative estimate of drug-likeness (QED) is 0.940. The standard InChI is InChI=1S/C13H13BrFN3O/c14-11-5-10(15)4-3-9(11)6-18-7-16-13(17-18)12(19)8-1-2-8/h3-5,7-8,12,19H,1-2,6H2. The predicted molar refractivity (Wildman–Crippen MR) is 70.9 cm³/mol. The Kier molecular flexibility index (Phi) is 3.36. The van der Waals surface area contributed by atoms with Gasteiger partial charge in [-0.05, 0) is 36.5 Å². The van der Waals surface area contributed by atoms with E-state index in [0.717, 1.165) is 18.4 Å². The van der Waals surface area contributed by atoms with Crippen molar-refractivity contribution in [2.45, 2.75) is 25.5 Å². The normalized spacial score (nSPS) is 16.6. The van der Waals surface area contributed by atoms with Crippen LogP contribution in [-0.4, -0.2) is 19.9 Å². The van der Waals surface area contributed by atoms with Gasteiger partial charge < -0.3 is 5.11 Å². The summed E-state index contributed by atoms with van der Waals surface area (Å²) in [4.78, 5) is 4.13. The fourth-order valence-electron chi connectivity index (χ4n) is 1.97. The van der Waals surface area contributed by atoms with Crippen LogP contribution in [0.1, 0.15) is 30.3 Å². The molecule has 1 fully saturated rings. The first-order valence-corrected chi connectivity index (χ1v) is 6.94. The molecule has 1 saturated carbocycles. The van der Waals surface area contributed by atoms with E-state index in [1.807, 2.05) is 0 Å². The lowest BCUT2D eigenvalue weighted by Crippen LogP contribution is -2.05. The summed E-state index contributed by atoms with van der Waals surface area (Å²) in [6.07, 6.45) is 3.12. The van der Waals surface area contributed by atoms with Gasteiger partial charge in [-0.25, -0.2) is 14.1 Å². The zero-order chi connectivity index (χ0) is 13.4. The maximum absolute atomic E-state index is 13.0. The molecule has 1 aliphatic rings. The molecule has 0 radical (unpaired) electrons. The summed E-state index contributed by atoms with van der Waals surface area (Å²) >= 11 is 3.32. The lowest BCUT2D eigenvalue weighted by Gasteiger charge is -2.05. The van der Waals surface area contributed by atoms with Gasteiger partial charge in [0.25, 0.3) is 0 Å². The van der Waals surface area contributed by atoms with Crippen molar-refractivity contribution in [2.24, 2.45) is 5.92 Å². The molecule has 6 heteroatoms. The minimum Gasteiger partial charge on any atom is -0.385 e. The highest BCUT2D eigenvalue weighted by atomic mass is 79.9. The highest BCUT2D eigenvalue weighted by molar-refractivity contribution is 9.10. The Hall–Kier alpha value is -1.27. The van der Waals surface area contributed by atoms with E-state index >= 15 is 0 Å². The van der Waals surface area contributed by atoms with Crippen LogP contribution in [0.15, 0.2) is 29.0 Å². The summed E-state index contributed by atoms with van der Waals surface area (Å²) in [5, 5.41) is 14.2. The van der Waals surface area contributed by atoms with Gasteiger partial charge in [-0.2, -0.15) is 5.10 Å². The Bertz CT molecular complexity index is 597. The number of hydrogen-bond donors (Lipinski definition) is 1. The van der Waals surface area contributed by atoms with Crippen molar-refractivity contribution in [1.82, 2.24) is 14.8 Å². The van der Waals surface area contributed by atoms with E-state index in [4.69, 9.17) is 0 Å². The number of hydrogen-bond acceptors (Lipinski definition) is 3. The molecule has 1 aliphatic carbocycles. The highest BCUT2D eigenvalue weighted by Gasteiger charge is 2.33. The third kappa shape index (κ3) is 2.84. The van der Waals surface area contributed by atoms with Crippen LogP contribution in [0.2, 0.25) is 0 Å². The van der Waals surface area contributed by atoms with Crippen molar-refractivity contribution in [3.63, 3.8) is 0 Å². The summed E-state index contributed by atoms with van der Waals surface area (Å²) < 4.78 is 15.3. The average Bonchev–Trinajstić information content (AvgIpc) is 3.12. The van der Waals surface area contributed by atoms with Gasteiger partial charge >= 0.3 is 0 Å². The fraction of sp³-hybridized carbons (Fsp3) is 0.385. The molecule has 0 amide bonds. The summed E-state index contributed by atoms with van der Waals surface area (Å²) in [5.74, 6) is 0.508. The van der Waals surface area contributed by atoms with Crippen LogP contribution < -0.4 is 0 Å². The van der Waals surface area contributed by atoms with Gasteiger partial charge in [-0.1, -0.05) is 22.0 Å². The van der Waals surface area contributed by atoms with E-state index < -0.39 is 6.10 Å². The van der Waals surface area contributed by atoms with Gasteiger partial charge in [0.1, 0.15) is 18.2 Å². The monoisotopic (exact) mass is 325 g/mol. The number of aliphatic hydroxyl groups excluding tert-OH is 1. The second-order valence-corrected chi connectivity index (χ2v) is 5.67. The molecule has 1 unspecified atom stereocenters. The van der Waals surface area contributed by atoms with Crippen LogP contribution in [0.5, 0.6) is 0 Å². The van der Waals surface area contributed by atoms with Crippen LogP contribution in [0, 0.1) is 11.7 Å². The topological polar surface area (TPSA) is 50.9 Å². The maximum Gasteiger partial charge on any atom is 0.179 e. The highest BCUT2D eigenvalue weighted by Crippen LogP contribution is 2.39. The number of nitrogens with zero attached hydrogens (tertiary/aromatic N) is 3. The molecule has 1 aromatic carbocycles. The van der Waals surface area contributed by atoms with Gasteiger partial charge in [-0.15, -0.1) is 0 Å². The SMILES string of the molecule is OC(c1ncn(Cc2ccc(F)cc2Br)n1)C1CC1. The Morgan fingerprint density at radius 2 is 2.26 bits per heavy atom. The second kappa shape index (κ2) is 5.02. The Balaban J connectivity index is 1.76. The van der Waals surface area contributed by atoms with Crippen molar-refractivity contribution in [2.75, 3.05) is 0 Å². The van der Waals surface area contributed by atoms with Crippen LogP contribution in [0.3, 0.4) is 0 Å². The molecule has 1 atom stereocenters. The van der Waals surface area contributed by atoms with Crippen molar-refractivity contribution >= 4 is 15.9 Å². The first kappa shape index (κ1) is 12.7. The molecule has 1 aromatic heterocycles. The minimum atomic E-state index is -0.557. The van der Waals surface area contributed by atoms with E-state index in [9.17, 15) is 9.50 Å². The van der Waals surface area contributed by atoms with E-state index in [2.05, 4.69) is 26.0 Å². The van der Waals surface area contributed by atoms with E-state index in [1.165, 1.54) is 12.1 Å². The van der Waals surface area contributed by atoms with Gasteiger partial charge in [0.15, 0.2) is 5.82 Å². The molecule has 1 N–H and O–H groups in total. The largest absolute Gasteiger partial charge is 0.385 e. The van der Waals surface area contributed by atoms with Gasteiger partial charge in [0.05, 0.1) is 6.54 Å². The molecule has 2 aromatic rings. The minimum absolute atomic E-state index is 0.279. The molecule has 4 nitrogen and oxygen atoms in total. The van der Waals surface area contributed by atoms with E-state index in [1.54, 1.807) is 17.1 Å². The first-order chi connectivity index (χ1) is 9.13. The first-order valence-electron chi connectivity index (χ1n) is 6.15. The lowest BCUT2D eigenvalue weighted by atomic mass is 10.2. The van der Waals surface area contributed by atoms with Gasteiger partial charge in [-0.3, -0.25) is 0 Å². The summed E-state index contributed by atoms with van der Waals surface area (Å²) in [6, 6.07) is 4.54. The molecule has 0 spiro atoms. The molecule has 19 heavy (non-hydrogen) atoms. The zero-order valence-corrected chi connectivity index (χ0v) is 11.7. The third-order valence-corrected chi connectivity index (χ3v) is 3.97. The fourth-order valence-corrected chi connectivity index (χ4v) is 2.44. The summed E-state index contributed by atoms with van der Waals surface area (Å²) in [6.45, 7) is 0.491. The van der Waals surface area contributed by atoms with Crippen molar-refractivity contribution < 1.29 is 9.50 Å². The predicted octanol–water partition coefficient (Wildman–Crippen LogP) is 2.67. The van der Waals surface area contributed by atoms with Crippen molar-refractivity contribution in [1.29, 1.82) is 0 Å². The Morgan fingerprint density at radius 3 is 2.95 bits per heavy atom. The number of rotatable bonds is 4. The molecular formula is C13H13BrFN3O. The van der Waals surface area contributed by atoms with Crippen molar-refractivity contribution in [3.05, 3.63) is 46.2 Å².